The van der Waals surface area contributed by atoms with Crippen LogP contribution in [0.3, 0.4) is 0 Å². The molecule has 0 radical (unpaired) electrons. The molecule has 2 atom stereocenters. The van der Waals surface area contributed by atoms with Gasteiger partial charge in [0.2, 0.25) is 0 Å². The van der Waals surface area contributed by atoms with Gasteiger partial charge in [0.1, 0.15) is 0 Å². The minimum Gasteiger partial charge on any atom is -0.396 e. The summed E-state index contributed by atoms with van der Waals surface area (Å²) in [5.41, 5.74) is 0. The molecule has 0 aliphatic heterocycles. The predicted molar refractivity (Wildman–Crippen MR) is 65.2 cm³/mol. The molecule has 100 valence electrons. The van der Waals surface area contributed by atoms with E-state index >= 15 is 0 Å². The summed E-state index contributed by atoms with van der Waals surface area (Å²) in [6.45, 7) is 5.74. The van der Waals surface area contributed by atoms with Crippen LogP contribution in [-0.4, -0.2) is 45.8 Å². The molecule has 0 aliphatic rings. The molecule has 0 heterocycles. The van der Waals surface area contributed by atoms with Crippen LogP contribution in [0.25, 0.3) is 0 Å². The van der Waals surface area contributed by atoms with Crippen molar-refractivity contribution in [2.75, 3.05) is 13.2 Å². The van der Waals surface area contributed by atoms with Crippen LogP contribution >= 0.6 is 0 Å². The third-order valence-electron chi connectivity index (χ3n) is 2.59. The first-order valence-electron chi connectivity index (χ1n) is 6.05. The molecule has 2 unspecified atom stereocenters. The molecular weight excluding hydrogens is 208 g/mol. The van der Waals surface area contributed by atoms with Crippen LogP contribution in [0, 0.1) is 5.92 Å². The van der Waals surface area contributed by atoms with Crippen molar-refractivity contribution in [3.05, 3.63) is 0 Å². The number of unbranched alkanes of at least 4 members (excludes halogenated alkanes) is 3. The molecule has 0 aromatic rings. The summed E-state index contributed by atoms with van der Waals surface area (Å²) in [6.07, 6.45) is 3.01. The van der Waals surface area contributed by atoms with Crippen molar-refractivity contribution in [3.8, 4) is 0 Å². The van der Waals surface area contributed by atoms with Crippen molar-refractivity contribution >= 4 is 0 Å². The van der Waals surface area contributed by atoms with Crippen LogP contribution in [0.1, 0.15) is 46.5 Å². The second-order valence-corrected chi connectivity index (χ2v) is 4.20. The number of hydrogen-bond acceptors (Lipinski definition) is 4. The lowest BCUT2D eigenvalue weighted by atomic mass is 10.0. The van der Waals surface area contributed by atoms with Crippen molar-refractivity contribution in [2.45, 2.75) is 58.7 Å². The molecule has 4 heteroatoms. The van der Waals surface area contributed by atoms with Crippen LogP contribution in [0.4, 0.5) is 0 Å². The Hall–Kier alpha value is -0.160. The number of aliphatic hydroxyl groups excluding tert-OH is 4. The maximum Gasteiger partial charge on any atom is 0.0562 e. The molecule has 0 spiro atoms. The summed E-state index contributed by atoms with van der Waals surface area (Å²) >= 11 is 0. The van der Waals surface area contributed by atoms with E-state index in [2.05, 4.69) is 0 Å². The van der Waals surface area contributed by atoms with Gasteiger partial charge in [0, 0.05) is 19.1 Å². The Morgan fingerprint density at radius 2 is 1.00 bits per heavy atom. The van der Waals surface area contributed by atoms with E-state index in [-0.39, 0.29) is 19.1 Å². The first-order valence-corrected chi connectivity index (χ1v) is 6.05. The van der Waals surface area contributed by atoms with Gasteiger partial charge in [0.25, 0.3) is 0 Å². The number of aliphatic hydroxyl groups is 4. The smallest absolute Gasteiger partial charge is 0.0562 e. The summed E-state index contributed by atoms with van der Waals surface area (Å²) in [6, 6.07) is 0. The fourth-order valence-electron chi connectivity index (χ4n) is 0.980. The highest BCUT2D eigenvalue weighted by molar-refractivity contribution is 4.63. The highest BCUT2D eigenvalue weighted by Gasteiger charge is 2.13. The second-order valence-electron chi connectivity index (χ2n) is 4.20. The molecule has 0 aliphatic carbocycles. The molecule has 0 saturated heterocycles. The van der Waals surface area contributed by atoms with Gasteiger partial charge >= 0.3 is 0 Å². The fraction of sp³-hybridized carbons (Fsp3) is 1.00. The Bertz CT molecular complexity index is 112. The lowest BCUT2D eigenvalue weighted by molar-refractivity contribution is 0.0420. The summed E-state index contributed by atoms with van der Waals surface area (Å²) in [5, 5.41) is 34.3. The van der Waals surface area contributed by atoms with E-state index in [4.69, 9.17) is 20.4 Å². The van der Waals surface area contributed by atoms with Crippen LogP contribution in [0.2, 0.25) is 0 Å². The van der Waals surface area contributed by atoms with E-state index in [0.717, 1.165) is 25.7 Å². The Balaban J connectivity index is 0. The zero-order valence-electron chi connectivity index (χ0n) is 10.8. The quantitative estimate of drug-likeness (QED) is 0.495. The van der Waals surface area contributed by atoms with Crippen molar-refractivity contribution in [1.29, 1.82) is 0 Å². The Morgan fingerprint density at radius 1 is 0.688 bits per heavy atom. The minimum absolute atomic E-state index is 0.0185. The largest absolute Gasteiger partial charge is 0.396 e. The molecule has 0 aromatic carbocycles. The minimum atomic E-state index is -0.407. The normalized spacial score (nSPS) is 15.9. The second kappa shape index (κ2) is 12.9. The van der Waals surface area contributed by atoms with E-state index in [1.54, 1.807) is 13.8 Å². The van der Waals surface area contributed by atoms with Gasteiger partial charge in [0.15, 0.2) is 0 Å². The molecule has 16 heavy (non-hydrogen) atoms. The zero-order chi connectivity index (χ0) is 13.0. The highest BCUT2D eigenvalue weighted by atomic mass is 16.3. The first kappa shape index (κ1) is 18.2. The van der Waals surface area contributed by atoms with Gasteiger partial charge in [-0.05, 0) is 26.7 Å². The molecule has 0 amide bonds. The Kier molecular flexibility index (Phi) is 14.7. The summed E-state index contributed by atoms with van der Waals surface area (Å²) < 4.78 is 0. The maximum absolute atomic E-state index is 8.83. The molecule has 4 nitrogen and oxygen atoms in total. The Morgan fingerprint density at radius 3 is 1.12 bits per heavy atom. The third-order valence-corrected chi connectivity index (χ3v) is 2.59. The van der Waals surface area contributed by atoms with E-state index in [1.165, 1.54) is 0 Å². The van der Waals surface area contributed by atoms with Crippen molar-refractivity contribution in [3.63, 3.8) is 0 Å². The lowest BCUT2D eigenvalue weighted by Crippen LogP contribution is -2.24. The monoisotopic (exact) mass is 236 g/mol. The van der Waals surface area contributed by atoms with Crippen LogP contribution in [0.5, 0.6) is 0 Å². The van der Waals surface area contributed by atoms with E-state index in [9.17, 15) is 0 Å². The standard InChI is InChI=1S/2C6H14O2/c1-4(5(2)7)6(3)8;7-5-3-1-2-4-6-8/h4-8H,1-3H3;7-8H,1-6H2. The average Bonchev–Trinajstić information content (AvgIpc) is 2.24. The van der Waals surface area contributed by atoms with Crippen LogP contribution < -0.4 is 0 Å². The third kappa shape index (κ3) is 13.8. The summed E-state index contributed by atoms with van der Waals surface area (Å²) in [4.78, 5) is 0. The predicted octanol–water partition coefficient (Wildman–Crippen LogP) is 0.915. The molecule has 4 N–H and O–H groups in total. The molecule has 0 fully saturated rings. The molecular formula is C12H28O4. The van der Waals surface area contributed by atoms with Crippen molar-refractivity contribution < 1.29 is 20.4 Å². The SMILES string of the molecule is CC(O)C(C)C(C)O.OCCCCCCO. The number of rotatable bonds is 7. The zero-order valence-corrected chi connectivity index (χ0v) is 10.8. The molecule has 0 saturated carbocycles. The van der Waals surface area contributed by atoms with Crippen molar-refractivity contribution in [1.82, 2.24) is 0 Å². The van der Waals surface area contributed by atoms with Gasteiger partial charge < -0.3 is 20.4 Å². The van der Waals surface area contributed by atoms with Crippen LogP contribution in [-0.2, 0) is 0 Å². The van der Waals surface area contributed by atoms with Gasteiger partial charge in [-0.25, -0.2) is 0 Å². The topological polar surface area (TPSA) is 80.9 Å². The first-order chi connectivity index (χ1) is 7.47. The summed E-state index contributed by atoms with van der Waals surface area (Å²) in [5.74, 6) is -0.0185. The fourth-order valence-corrected chi connectivity index (χ4v) is 0.980. The Labute approximate surface area is 98.9 Å². The molecule has 0 bridgehead atoms. The van der Waals surface area contributed by atoms with Gasteiger partial charge in [-0.1, -0.05) is 19.8 Å². The van der Waals surface area contributed by atoms with Gasteiger partial charge in [-0.3, -0.25) is 0 Å². The van der Waals surface area contributed by atoms with Crippen LogP contribution in [0.15, 0.2) is 0 Å². The average molecular weight is 236 g/mol. The van der Waals surface area contributed by atoms with E-state index < -0.39 is 12.2 Å². The molecule has 0 rings (SSSR count). The van der Waals surface area contributed by atoms with Gasteiger partial charge in [0.05, 0.1) is 12.2 Å². The van der Waals surface area contributed by atoms with E-state index in [1.807, 2.05) is 6.92 Å². The highest BCUT2D eigenvalue weighted by Crippen LogP contribution is 2.06. The van der Waals surface area contributed by atoms with Gasteiger partial charge in [-0.2, -0.15) is 0 Å². The summed E-state index contributed by atoms with van der Waals surface area (Å²) in [7, 11) is 0. The lowest BCUT2D eigenvalue weighted by Gasteiger charge is -2.16. The van der Waals surface area contributed by atoms with Crippen molar-refractivity contribution in [2.24, 2.45) is 5.92 Å². The van der Waals surface area contributed by atoms with Gasteiger partial charge in [-0.15, -0.1) is 0 Å². The van der Waals surface area contributed by atoms with E-state index in [0.29, 0.717) is 0 Å². The number of hydrogen-bond donors (Lipinski definition) is 4. The molecule has 0 aromatic heterocycles. The maximum atomic E-state index is 8.83.